The Hall–Kier alpha value is -2.53. The van der Waals surface area contributed by atoms with Gasteiger partial charge in [-0.1, -0.05) is 44.2 Å². The van der Waals surface area contributed by atoms with Crippen molar-refractivity contribution < 1.29 is 4.79 Å². The molecule has 140 valence electrons. The van der Waals surface area contributed by atoms with E-state index in [2.05, 4.69) is 42.5 Å². The lowest BCUT2D eigenvalue weighted by atomic mass is 9.97. The molecule has 0 unspecified atom stereocenters. The molecule has 1 aromatic heterocycles. The zero-order valence-corrected chi connectivity index (χ0v) is 16.6. The number of anilines is 1. The minimum Gasteiger partial charge on any atom is -0.325 e. The predicted molar refractivity (Wildman–Crippen MR) is 114 cm³/mol. The highest BCUT2D eigenvalue weighted by Gasteiger charge is 2.11. The van der Waals surface area contributed by atoms with Gasteiger partial charge in [-0.25, -0.2) is 4.68 Å². The van der Waals surface area contributed by atoms with E-state index in [1.165, 1.54) is 11.1 Å². The fraction of sp³-hybridized carbons (Fsp3) is 0.273. The van der Waals surface area contributed by atoms with Gasteiger partial charge in [0.25, 0.3) is 0 Å². The molecule has 5 heteroatoms. The summed E-state index contributed by atoms with van der Waals surface area (Å²) in [6, 6.07) is 18.2. The van der Waals surface area contributed by atoms with Crippen LogP contribution < -0.4 is 5.32 Å². The normalized spacial score (nSPS) is 11.9. The maximum absolute atomic E-state index is 12.3. The van der Waals surface area contributed by atoms with Crippen molar-refractivity contribution in [3.05, 3.63) is 78.1 Å². The number of thioether (sulfide) groups is 1. The number of amides is 1. The van der Waals surface area contributed by atoms with Gasteiger partial charge in [0.15, 0.2) is 0 Å². The van der Waals surface area contributed by atoms with Gasteiger partial charge >= 0.3 is 0 Å². The zero-order valence-electron chi connectivity index (χ0n) is 15.8. The number of para-hydroxylation sites is 1. The molecule has 0 fully saturated rings. The number of aromatic nitrogens is 2. The number of hydrogen-bond acceptors (Lipinski definition) is 3. The Bertz CT molecular complexity index is 860. The maximum Gasteiger partial charge on any atom is 0.234 e. The van der Waals surface area contributed by atoms with E-state index in [4.69, 9.17) is 0 Å². The van der Waals surface area contributed by atoms with Gasteiger partial charge in [-0.05, 0) is 47.7 Å². The molecule has 0 spiro atoms. The van der Waals surface area contributed by atoms with E-state index in [0.29, 0.717) is 11.7 Å². The highest BCUT2D eigenvalue weighted by molar-refractivity contribution is 7.99. The largest absolute Gasteiger partial charge is 0.325 e. The van der Waals surface area contributed by atoms with Crippen LogP contribution in [0.25, 0.3) is 5.69 Å². The minimum atomic E-state index is 0.0453. The van der Waals surface area contributed by atoms with Gasteiger partial charge in [0.05, 0.1) is 11.4 Å². The summed E-state index contributed by atoms with van der Waals surface area (Å²) in [5.74, 6) is 1.72. The Kier molecular flexibility index (Phi) is 6.71. The molecule has 0 saturated heterocycles. The summed E-state index contributed by atoms with van der Waals surface area (Å²) in [5, 5.41) is 7.29. The highest BCUT2D eigenvalue weighted by Crippen LogP contribution is 2.26. The van der Waals surface area contributed by atoms with E-state index < -0.39 is 0 Å². The molecule has 1 atom stereocenters. The molecule has 3 aromatic rings. The molecule has 4 nitrogen and oxygen atoms in total. The highest BCUT2D eigenvalue weighted by atomic mass is 32.2. The second-order valence-electron chi connectivity index (χ2n) is 6.55. The maximum atomic E-state index is 12.3. The van der Waals surface area contributed by atoms with Gasteiger partial charge in [0.2, 0.25) is 5.91 Å². The molecule has 1 heterocycles. The quantitative estimate of drug-likeness (QED) is 0.581. The Morgan fingerprint density at radius 3 is 2.63 bits per heavy atom. The molecule has 3 rings (SSSR count). The van der Waals surface area contributed by atoms with Crippen molar-refractivity contribution in [2.45, 2.75) is 31.9 Å². The van der Waals surface area contributed by atoms with Crippen molar-refractivity contribution in [1.29, 1.82) is 0 Å². The average molecular weight is 380 g/mol. The third-order valence-electron chi connectivity index (χ3n) is 4.59. The summed E-state index contributed by atoms with van der Waals surface area (Å²) in [4.78, 5) is 12.3. The van der Waals surface area contributed by atoms with Crippen LogP contribution in [0.5, 0.6) is 0 Å². The summed E-state index contributed by atoms with van der Waals surface area (Å²) in [7, 11) is 0. The van der Waals surface area contributed by atoms with Crippen LogP contribution >= 0.6 is 11.8 Å². The van der Waals surface area contributed by atoms with Crippen LogP contribution in [0.15, 0.2) is 67.0 Å². The van der Waals surface area contributed by atoms with Crippen LogP contribution in [0.2, 0.25) is 0 Å². The molecule has 0 aliphatic rings. The molecule has 1 N–H and O–H groups in total. The number of benzene rings is 2. The first-order chi connectivity index (χ1) is 13.2. The van der Waals surface area contributed by atoms with Crippen LogP contribution in [0.4, 0.5) is 5.69 Å². The lowest BCUT2D eigenvalue weighted by Crippen LogP contribution is -2.16. The first-order valence-corrected chi connectivity index (χ1v) is 10.4. The fourth-order valence-corrected chi connectivity index (χ4v) is 3.66. The van der Waals surface area contributed by atoms with Crippen LogP contribution in [-0.4, -0.2) is 21.4 Å². The van der Waals surface area contributed by atoms with Gasteiger partial charge in [-0.2, -0.15) is 5.10 Å². The third kappa shape index (κ3) is 5.23. The van der Waals surface area contributed by atoms with Crippen LogP contribution in [-0.2, 0) is 10.5 Å². The summed E-state index contributed by atoms with van der Waals surface area (Å²) >= 11 is 1.62. The summed E-state index contributed by atoms with van der Waals surface area (Å²) < 4.78 is 1.83. The smallest absolute Gasteiger partial charge is 0.234 e. The molecule has 2 aromatic carbocycles. The van der Waals surface area contributed by atoms with Gasteiger partial charge < -0.3 is 5.32 Å². The predicted octanol–water partition coefficient (Wildman–Crippen LogP) is 5.26. The standard InChI is InChI=1S/C22H25N3OS/c1-3-17(2)20-7-4-5-8-21(20)24-22(26)16-27-15-18-9-11-19(12-10-18)25-14-6-13-23-25/h4-14,17H,3,15-16H2,1-2H3,(H,24,26)/t17-/m1/s1. The molecule has 0 bridgehead atoms. The number of nitrogens with zero attached hydrogens (tertiary/aromatic N) is 2. The molecular weight excluding hydrogens is 354 g/mol. The molecule has 0 saturated carbocycles. The van der Waals surface area contributed by atoms with Crippen LogP contribution in [0.3, 0.4) is 0 Å². The SMILES string of the molecule is CC[C@@H](C)c1ccccc1NC(=O)CSCc1ccc(-n2cccn2)cc1. The van der Waals surface area contributed by atoms with E-state index >= 15 is 0 Å². The van der Waals surface area contributed by atoms with Crippen molar-refractivity contribution in [2.75, 3.05) is 11.1 Å². The lowest BCUT2D eigenvalue weighted by Gasteiger charge is -2.15. The van der Waals surface area contributed by atoms with Gasteiger partial charge in [0.1, 0.15) is 0 Å². The first-order valence-electron chi connectivity index (χ1n) is 9.23. The second kappa shape index (κ2) is 9.42. The average Bonchev–Trinajstić information content (AvgIpc) is 3.23. The van der Waals surface area contributed by atoms with Crippen molar-refractivity contribution in [2.24, 2.45) is 0 Å². The summed E-state index contributed by atoms with van der Waals surface area (Å²) in [6.45, 7) is 4.35. The van der Waals surface area contributed by atoms with Gasteiger partial charge in [-0.15, -0.1) is 11.8 Å². The van der Waals surface area contributed by atoms with E-state index in [0.717, 1.165) is 23.5 Å². The monoisotopic (exact) mass is 379 g/mol. The van der Waals surface area contributed by atoms with Crippen molar-refractivity contribution >= 4 is 23.4 Å². The number of hydrogen-bond donors (Lipinski definition) is 1. The number of carbonyl (C=O) groups is 1. The van der Waals surface area contributed by atoms with Gasteiger partial charge in [-0.3, -0.25) is 4.79 Å². The van der Waals surface area contributed by atoms with E-state index in [1.54, 1.807) is 18.0 Å². The molecule has 27 heavy (non-hydrogen) atoms. The number of nitrogens with one attached hydrogen (secondary N) is 1. The van der Waals surface area contributed by atoms with E-state index in [1.807, 2.05) is 47.3 Å². The van der Waals surface area contributed by atoms with Crippen molar-refractivity contribution in [3.8, 4) is 5.69 Å². The van der Waals surface area contributed by atoms with Crippen LogP contribution in [0.1, 0.15) is 37.3 Å². The lowest BCUT2D eigenvalue weighted by molar-refractivity contribution is -0.113. The first kappa shape index (κ1) is 19.2. The topological polar surface area (TPSA) is 46.9 Å². The Morgan fingerprint density at radius 1 is 1.15 bits per heavy atom. The Balaban J connectivity index is 1.50. The zero-order chi connectivity index (χ0) is 19.1. The number of carbonyl (C=O) groups excluding carboxylic acids is 1. The summed E-state index contributed by atoms with van der Waals surface area (Å²) in [6.07, 6.45) is 4.74. The number of rotatable bonds is 8. The minimum absolute atomic E-state index is 0.0453. The second-order valence-corrected chi connectivity index (χ2v) is 7.54. The molecule has 0 aliphatic carbocycles. The van der Waals surface area contributed by atoms with Crippen molar-refractivity contribution in [1.82, 2.24) is 9.78 Å². The van der Waals surface area contributed by atoms with E-state index in [9.17, 15) is 4.79 Å². The summed E-state index contributed by atoms with van der Waals surface area (Å²) in [5.41, 5.74) is 4.37. The van der Waals surface area contributed by atoms with Crippen LogP contribution in [0, 0.1) is 0 Å². The Labute approximate surface area is 165 Å². The van der Waals surface area contributed by atoms with Crippen molar-refractivity contribution in [3.63, 3.8) is 0 Å². The Morgan fingerprint density at radius 2 is 1.93 bits per heavy atom. The third-order valence-corrected chi connectivity index (χ3v) is 5.59. The molecule has 0 aliphatic heterocycles. The fourth-order valence-electron chi connectivity index (χ4n) is 2.87. The molecule has 0 radical (unpaired) electrons. The van der Waals surface area contributed by atoms with Gasteiger partial charge in [0, 0.05) is 23.8 Å². The molecule has 1 amide bonds. The van der Waals surface area contributed by atoms with E-state index in [-0.39, 0.29) is 5.91 Å². The molecular formula is C22H25N3OS.